The highest BCUT2D eigenvalue weighted by atomic mass is 79.9. The average molecular weight is 302 g/mol. The molecule has 0 spiro atoms. The van der Waals surface area contributed by atoms with Crippen molar-refractivity contribution in [3.05, 3.63) is 32.4 Å². The van der Waals surface area contributed by atoms with Crippen LogP contribution in [0.3, 0.4) is 0 Å². The van der Waals surface area contributed by atoms with Crippen LogP contribution in [-0.2, 0) is 6.42 Å². The second kappa shape index (κ2) is 8.04. The first-order valence-electron chi connectivity index (χ1n) is 5.81. The summed E-state index contributed by atoms with van der Waals surface area (Å²) in [6, 6.07) is 2.21. The van der Waals surface area contributed by atoms with E-state index in [1.165, 1.54) is 21.3 Å². The highest BCUT2D eigenvalue weighted by molar-refractivity contribution is 9.10. The van der Waals surface area contributed by atoms with Gasteiger partial charge >= 0.3 is 0 Å². The minimum atomic E-state index is 1.09. The highest BCUT2D eigenvalue weighted by Crippen LogP contribution is 2.22. The number of hydrogen-bond donors (Lipinski definition) is 1. The zero-order valence-electron chi connectivity index (χ0n) is 10.1. The van der Waals surface area contributed by atoms with Gasteiger partial charge in [-0.2, -0.15) is 0 Å². The van der Waals surface area contributed by atoms with Crippen LogP contribution in [0.4, 0.5) is 0 Å². The molecule has 0 saturated heterocycles. The number of nitrogens with one attached hydrogen (secondary N) is 1. The van der Waals surface area contributed by atoms with Crippen LogP contribution >= 0.6 is 27.3 Å². The third-order valence-electron chi connectivity index (χ3n) is 2.32. The fourth-order valence-electron chi connectivity index (χ4n) is 1.52. The second-order valence-electron chi connectivity index (χ2n) is 4.00. The van der Waals surface area contributed by atoms with Crippen LogP contribution in [0, 0.1) is 0 Å². The molecule has 0 saturated carbocycles. The Hall–Kier alpha value is -0.120. The smallest absolute Gasteiger partial charge is 0.0285 e. The van der Waals surface area contributed by atoms with Gasteiger partial charge in [-0.3, -0.25) is 0 Å². The first-order chi connectivity index (χ1) is 7.72. The van der Waals surface area contributed by atoms with Gasteiger partial charge in [0.05, 0.1) is 0 Å². The minimum absolute atomic E-state index is 1.09. The van der Waals surface area contributed by atoms with E-state index in [1.54, 1.807) is 0 Å². The quantitative estimate of drug-likeness (QED) is 0.582. The summed E-state index contributed by atoms with van der Waals surface area (Å²) >= 11 is 5.31. The fraction of sp³-hybridized carbons (Fsp3) is 0.538. The molecule has 0 aliphatic carbocycles. The van der Waals surface area contributed by atoms with Crippen molar-refractivity contribution in [1.29, 1.82) is 0 Å². The molecule has 0 aromatic carbocycles. The first-order valence-corrected chi connectivity index (χ1v) is 7.49. The molecule has 0 aliphatic heterocycles. The van der Waals surface area contributed by atoms with E-state index in [1.807, 2.05) is 11.3 Å². The van der Waals surface area contributed by atoms with E-state index in [2.05, 4.69) is 52.6 Å². The Kier molecular flexibility index (Phi) is 7.01. The van der Waals surface area contributed by atoms with Gasteiger partial charge in [0.1, 0.15) is 0 Å². The number of rotatable bonds is 7. The van der Waals surface area contributed by atoms with E-state index in [9.17, 15) is 0 Å². The van der Waals surface area contributed by atoms with Crippen LogP contribution in [0.2, 0.25) is 0 Å². The fourth-order valence-corrected chi connectivity index (χ4v) is 3.06. The van der Waals surface area contributed by atoms with Gasteiger partial charge in [-0.25, -0.2) is 0 Å². The Labute approximate surface area is 111 Å². The molecule has 0 unspecified atom stereocenters. The van der Waals surface area contributed by atoms with E-state index < -0.39 is 0 Å². The lowest BCUT2D eigenvalue weighted by molar-refractivity contribution is 0.677. The molecule has 16 heavy (non-hydrogen) atoms. The third-order valence-corrected chi connectivity index (χ3v) is 4.01. The highest BCUT2D eigenvalue weighted by Gasteiger charge is 1.98. The van der Waals surface area contributed by atoms with Crippen LogP contribution in [0.25, 0.3) is 0 Å². The maximum Gasteiger partial charge on any atom is 0.0285 e. The normalized spacial score (nSPS) is 12.1. The molecule has 0 radical (unpaired) electrons. The van der Waals surface area contributed by atoms with E-state index in [0.717, 1.165) is 25.9 Å². The monoisotopic (exact) mass is 301 g/mol. The molecule has 0 atom stereocenters. The predicted octanol–water partition coefficient (Wildman–Crippen LogP) is 4.39. The summed E-state index contributed by atoms with van der Waals surface area (Å²) in [7, 11) is 0. The van der Waals surface area contributed by atoms with Gasteiger partial charge in [0, 0.05) is 21.2 Å². The summed E-state index contributed by atoms with van der Waals surface area (Å²) in [5, 5.41) is 5.55. The van der Waals surface area contributed by atoms with Crippen molar-refractivity contribution < 1.29 is 0 Å². The number of allylic oxidation sites excluding steroid dienone is 1. The van der Waals surface area contributed by atoms with Gasteiger partial charge in [0.25, 0.3) is 0 Å². The molecule has 1 rings (SSSR count). The molecule has 90 valence electrons. The van der Waals surface area contributed by atoms with Crippen LogP contribution in [0.5, 0.6) is 0 Å². The van der Waals surface area contributed by atoms with Crippen LogP contribution in [0.1, 0.15) is 31.6 Å². The Bertz CT molecular complexity index is 330. The van der Waals surface area contributed by atoms with Crippen molar-refractivity contribution in [2.24, 2.45) is 0 Å². The van der Waals surface area contributed by atoms with Gasteiger partial charge in [-0.05, 0) is 54.9 Å². The molecule has 0 aliphatic rings. The average Bonchev–Trinajstić information content (AvgIpc) is 2.63. The Morgan fingerprint density at radius 3 is 2.94 bits per heavy atom. The third kappa shape index (κ3) is 5.83. The standard InChI is InChI=1S/C13H20BrNS/c1-3-6-15-7-4-5-11(2)8-13-9-12(14)10-16-13/h5,9-10,15H,3-4,6-8H2,1-2H3. The summed E-state index contributed by atoms with van der Waals surface area (Å²) in [6.45, 7) is 6.64. The van der Waals surface area contributed by atoms with E-state index in [-0.39, 0.29) is 0 Å². The van der Waals surface area contributed by atoms with Gasteiger partial charge < -0.3 is 5.32 Å². The van der Waals surface area contributed by atoms with Gasteiger partial charge in [0.2, 0.25) is 0 Å². The first kappa shape index (κ1) is 13.9. The number of hydrogen-bond acceptors (Lipinski definition) is 2. The molecule has 1 nitrogen and oxygen atoms in total. The van der Waals surface area contributed by atoms with Gasteiger partial charge in [-0.15, -0.1) is 11.3 Å². The molecule has 0 bridgehead atoms. The number of halogens is 1. The maximum absolute atomic E-state index is 3.48. The van der Waals surface area contributed by atoms with Crippen molar-refractivity contribution in [3.8, 4) is 0 Å². The number of thiophene rings is 1. The maximum atomic E-state index is 3.48. The molecule has 0 amide bonds. The summed E-state index contributed by atoms with van der Waals surface area (Å²) in [4.78, 5) is 1.43. The Morgan fingerprint density at radius 1 is 1.50 bits per heavy atom. The molecular weight excluding hydrogens is 282 g/mol. The Morgan fingerprint density at radius 2 is 2.31 bits per heavy atom. The van der Waals surface area contributed by atoms with Crippen molar-refractivity contribution in [3.63, 3.8) is 0 Å². The molecule has 0 fully saturated rings. The molecule has 1 aromatic rings. The zero-order chi connectivity index (χ0) is 11.8. The van der Waals surface area contributed by atoms with Crippen molar-refractivity contribution in [2.45, 2.75) is 33.1 Å². The molecule has 3 heteroatoms. The lowest BCUT2D eigenvalue weighted by Crippen LogP contribution is -2.15. The Balaban J connectivity index is 2.23. The lowest BCUT2D eigenvalue weighted by atomic mass is 10.1. The van der Waals surface area contributed by atoms with Crippen LogP contribution < -0.4 is 5.32 Å². The van der Waals surface area contributed by atoms with Gasteiger partial charge in [0.15, 0.2) is 0 Å². The van der Waals surface area contributed by atoms with E-state index in [4.69, 9.17) is 0 Å². The largest absolute Gasteiger partial charge is 0.316 e. The van der Waals surface area contributed by atoms with Crippen molar-refractivity contribution in [1.82, 2.24) is 5.32 Å². The zero-order valence-corrected chi connectivity index (χ0v) is 12.5. The van der Waals surface area contributed by atoms with Crippen LogP contribution in [0.15, 0.2) is 27.6 Å². The van der Waals surface area contributed by atoms with E-state index in [0.29, 0.717) is 0 Å². The summed E-state index contributed by atoms with van der Waals surface area (Å²) in [6.07, 6.45) is 5.78. The van der Waals surface area contributed by atoms with E-state index >= 15 is 0 Å². The molecule has 1 aromatic heterocycles. The second-order valence-corrected chi connectivity index (χ2v) is 5.91. The van der Waals surface area contributed by atoms with Gasteiger partial charge in [-0.1, -0.05) is 18.6 Å². The molecule has 1 N–H and O–H groups in total. The SMILES string of the molecule is CCCNCCC=C(C)Cc1cc(Br)cs1. The minimum Gasteiger partial charge on any atom is -0.316 e. The lowest BCUT2D eigenvalue weighted by Gasteiger charge is -2.01. The van der Waals surface area contributed by atoms with Crippen molar-refractivity contribution in [2.75, 3.05) is 13.1 Å². The summed E-state index contributed by atoms with van der Waals surface area (Å²) < 4.78 is 1.20. The topological polar surface area (TPSA) is 12.0 Å². The van der Waals surface area contributed by atoms with Crippen molar-refractivity contribution >= 4 is 27.3 Å². The summed E-state index contributed by atoms with van der Waals surface area (Å²) in [5.74, 6) is 0. The summed E-state index contributed by atoms with van der Waals surface area (Å²) in [5.41, 5.74) is 1.47. The molecule has 1 heterocycles. The predicted molar refractivity (Wildman–Crippen MR) is 77.3 cm³/mol. The van der Waals surface area contributed by atoms with Crippen LogP contribution in [-0.4, -0.2) is 13.1 Å². The molecular formula is C13H20BrNS.